The zero-order valence-electron chi connectivity index (χ0n) is 18.0. The third-order valence-corrected chi connectivity index (χ3v) is 7.12. The molecule has 1 aliphatic heterocycles. The lowest BCUT2D eigenvalue weighted by molar-refractivity contribution is -0.131. The van der Waals surface area contributed by atoms with E-state index in [0.29, 0.717) is 35.2 Å². The standard InChI is InChI=1S/C25H24Cl2N4O2/c26-17-9-8-16(20(27)13-17)12-23(32)31-11-10-22-19(14-31)24(30-29-22)25(33)28-21-7-3-5-15-4-1-2-6-18(15)21/h1-2,4,6,8-9,13,21H,3,5,7,10-12,14H2,(H,28,33)(H,29,30). The second-order valence-electron chi connectivity index (χ2n) is 8.62. The Balaban J connectivity index is 1.30. The minimum Gasteiger partial charge on any atom is -0.344 e. The Morgan fingerprint density at radius 1 is 1.15 bits per heavy atom. The molecule has 2 heterocycles. The SMILES string of the molecule is O=C(NC1CCCc2ccccc21)c1n[nH]c2c1CN(C(=O)Cc1ccc(Cl)cc1Cl)CC2. The lowest BCUT2D eigenvalue weighted by Gasteiger charge is -2.28. The molecule has 2 N–H and O–H groups in total. The Labute approximate surface area is 202 Å². The molecule has 0 fully saturated rings. The van der Waals surface area contributed by atoms with Gasteiger partial charge in [0.05, 0.1) is 12.5 Å². The molecule has 0 saturated heterocycles. The van der Waals surface area contributed by atoms with Crippen LogP contribution in [0.25, 0.3) is 0 Å². The molecule has 8 heteroatoms. The number of carbonyl (C=O) groups is 2. The topological polar surface area (TPSA) is 78.1 Å². The van der Waals surface area contributed by atoms with Crippen LogP contribution in [0.3, 0.4) is 0 Å². The molecule has 1 aromatic heterocycles. The predicted molar refractivity (Wildman–Crippen MR) is 127 cm³/mol. The highest BCUT2D eigenvalue weighted by molar-refractivity contribution is 6.35. The highest BCUT2D eigenvalue weighted by Crippen LogP contribution is 2.30. The van der Waals surface area contributed by atoms with Gasteiger partial charge in [0.15, 0.2) is 5.69 Å². The van der Waals surface area contributed by atoms with E-state index in [1.807, 2.05) is 12.1 Å². The zero-order chi connectivity index (χ0) is 22.9. The van der Waals surface area contributed by atoms with Crippen LogP contribution >= 0.6 is 23.2 Å². The number of hydrogen-bond donors (Lipinski definition) is 2. The Bertz CT molecular complexity index is 1220. The molecule has 0 bridgehead atoms. The Morgan fingerprint density at radius 3 is 2.85 bits per heavy atom. The summed E-state index contributed by atoms with van der Waals surface area (Å²) < 4.78 is 0. The summed E-state index contributed by atoms with van der Waals surface area (Å²) in [5.74, 6) is -0.247. The quantitative estimate of drug-likeness (QED) is 0.567. The van der Waals surface area contributed by atoms with E-state index >= 15 is 0 Å². The third kappa shape index (κ3) is 4.50. The first-order chi connectivity index (χ1) is 16.0. The molecule has 5 rings (SSSR count). The van der Waals surface area contributed by atoms with E-state index in [9.17, 15) is 9.59 Å². The number of amides is 2. The van der Waals surface area contributed by atoms with Crippen molar-refractivity contribution >= 4 is 35.0 Å². The number of halogens is 2. The van der Waals surface area contributed by atoms with Crippen LogP contribution in [0.15, 0.2) is 42.5 Å². The summed E-state index contributed by atoms with van der Waals surface area (Å²) in [5, 5.41) is 11.5. The van der Waals surface area contributed by atoms with Gasteiger partial charge in [-0.3, -0.25) is 14.7 Å². The van der Waals surface area contributed by atoms with Crippen molar-refractivity contribution in [3.05, 3.63) is 86.2 Å². The number of fused-ring (bicyclic) bond motifs is 2. The molecular formula is C25H24Cl2N4O2. The molecule has 1 unspecified atom stereocenters. The smallest absolute Gasteiger partial charge is 0.272 e. The van der Waals surface area contributed by atoms with Crippen LogP contribution in [0.1, 0.15) is 57.3 Å². The number of nitrogens with zero attached hydrogens (tertiary/aromatic N) is 2. The van der Waals surface area contributed by atoms with Crippen molar-refractivity contribution in [3.8, 4) is 0 Å². The first-order valence-electron chi connectivity index (χ1n) is 11.2. The van der Waals surface area contributed by atoms with Gasteiger partial charge in [0.1, 0.15) is 0 Å². The Morgan fingerprint density at radius 2 is 2.00 bits per heavy atom. The number of aromatic nitrogens is 2. The van der Waals surface area contributed by atoms with E-state index in [0.717, 1.165) is 36.1 Å². The third-order valence-electron chi connectivity index (χ3n) is 6.53. The van der Waals surface area contributed by atoms with Crippen molar-refractivity contribution in [3.63, 3.8) is 0 Å². The van der Waals surface area contributed by atoms with Crippen LogP contribution in [0, 0.1) is 0 Å². The summed E-state index contributed by atoms with van der Waals surface area (Å²) in [5.41, 5.74) is 5.28. The van der Waals surface area contributed by atoms with Gasteiger partial charge < -0.3 is 10.2 Å². The van der Waals surface area contributed by atoms with E-state index in [1.54, 1.807) is 23.1 Å². The fourth-order valence-electron chi connectivity index (χ4n) is 4.77. The maximum Gasteiger partial charge on any atom is 0.272 e. The Hall–Kier alpha value is -2.83. The maximum absolute atomic E-state index is 13.2. The number of H-pyrrole nitrogens is 1. The normalized spacial score (nSPS) is 17.3. The molecule has 2 aliphatic rings. The fourth-order valence-corrected chi connectivity index (χ4v) is 5.24. The van der Waals surface area contributed by atoms with E-state index < -0.39 is 0 Å². The number of hydrogen-bond acceptors (Lipinski definition) is 3. The molecule has 0 spiro atoms. The van der Waals surface area contributed by atoms with Gasteiger partial charge in [0, 0.05) is 40.8 Å². The summed E-state index contributed by atoms with van der Waals surface area (Å²) in [4.78, 5) is 27.9. The van der Waals surface area contributed by atoms with E-state index in [1.165, 1.54) is 11.1 Å². The van der Waals surface area contributed by atoms with Gasteiger partial charge in [0.2, 0.25) is 5.91 Å². The van der Waals surface area contributed by atoms with Gasteiger partial charge in [-0.2, -0.15) is 5.10 Å². The molecule has 3 aromatic rings. The fraction of sp³-hybridized carbons (Fsp3) is 0.320. The van der Waals surface area contributed by atoms with Crippen molar-refractivity contribution < 1.29 is 9.59 Å². The van der Waals surface area contributed by atoms with Gasteiger partial charge >= 0.3 is 0 Å². The van der Waals surface area contributed by atoms with Crippen LogP contribution < -0.4 is 5.32 Å². The molecule has 1 aliphatic carbocycles. The maximum atomic E-state index is 13.2. The van der Waals surface area contributed by atoms with Crippen LogP contribution in [0.2, 0.25) is 10.0 Å². The van der Waals surface area contributed by atoms with Crippen LogP contribution in [-0.2, 0) is 30.6 Å². The first-order valence-corrected chi connectivity index (χ1v) is 11.9. The average Bonchev–Trinajstić information content (AvgIpc) is 3.24. The number of carbonyl (C=O) groups excluding carboxylic acids is 2. The minimum atomic E-state index is -0.204. The van der Waals surface area contributed by atoms with Crippen molar-refractivity contribution in [2.45, 2.75) is 44.7 Å². The summed E-state index contributed by atoms with van der Waals surface area (Å²) in [7, 11) is 0. The van der Waals surface area contributed by atoms with Crippen molar-refractivity contribution in [1.82, 2.24) is 20.4 Å². The largest absolute Gasteiger partial charge is 0.344 e. The molecule has 0 radical (unpaired) electrons. The molecule has 2 aromatic carbocycles. The number of nitrogens with one attached hydrogen (secondary N) is 2. The molecule has 1 atom stereocenters. The second kappa shape index (κ2) is 9.20. The number of rotatable bonds is 4. The molecule has 0 saturated carbocycles. The molecule has 170 valence electrons. The average molecular weight is 483 g/mol. The second-order valence-corrected chi connectivity index (χ2v) is 9.47. The molecule has 33 heavy (non-hydrogen) atoms. The lowest BCUT2D eigenvalue weighted by atomic mass is 9.87. The first kappa shape index (κ1) is 22.0. The highest BCUT2D eigenvalue weighted by atomic mass is 35.5. The van der Waals surface area contributed by atoms with Crippen molar-refractivity contribution in [2.24, 2.45) is 0 Å². The number of aryl methyl sites for hydroxylation is 1. The minimum absolute atomic E-state index is 0.0248. The number of benzene rings is 2. The van der Waals surface area contributed by atoms with Gasteiger partial charge in [-0.05, 0) is 48.1 Å². The van der Waals surface area contributed by atoms with Crippen LogP contribution in [0.5, 0.6) is 0 Å². The molecule has 6 nitrogen and oxygen atoms in total. The van der Waals surface area contributed by atoms with Crippen molar-refractivity contribution in [2.75, 3.05) is 6.54 Å². The molecule has 2 amide bonds. The monoisotopic (exact) mass is 482 g/mol. The summed E-state index contributed by atoms with van der Waals surface area (Å²) in [6.07, 6.45) is 3.79. The van der Waals surface area contributed by atoms with E-state index in [2.05, 4.69) is 27.6 Å². The summed E-state index contributed by atoms with van der Waals surface area (Å²) >= 11 is 12.2. The van der Waals surface area contributed by atoms with Gasteiger partial charge in [0.25, 0.3) is 5.91 Å². The van der Waals surface area contributed by atoms with E-state index in [-0.39, 0.29) is 24.3 Å². The van der Waals surface area contributed by atoms with Crippen LogP contribution in [-0.4, -0.2) is 33.5 Å². The van der Waals surface area contributed by atoms with E-state index in [4.69, 9.17) is 23.2 Å². The van der Waals surface area contributed by atoms with Crippen molar-refractivity contribution in [1.29, 1.82) is 0 Å². The van der Waals surface area contributed by atoms with Gasteiger partial charge in [-0.1, -0.05) is 53.5 Å². The zero-order valence-corrected chi connectivity index (χ0v) is 19.5. The molecular weight excluding hydrogens is 459 g/mol. The lowest BCUT2D eigenvalue weighted by Crippen LogP contribution is -2.38. The predicted octanol–water partition coefficient (Wildman–Crippen LogP) is 4.65. The summed E-state index contributed by atoms with van der Waals surface area (Å²) in [6.45, 7) is 0.913. The van der Waals surface area contributed by atoms with Gasteiger partial charge in [-0.15, -0.1) is 0 Å². The Kier molecular flexibility index (Phi) is 6.13. The van der Waals surface area contributed by atoms with Crippen LogP contribution in [0.4, 0.5) is 0 Å². The highest BCUT2D eigenvalue weighted by Gasteiger charge is 2.30. The summed E-state index contributed by atoms with van der Waals surface area (Å²) in [6, 6.07) is 13.4. The number of aromatic amines is 1. The van der Waals surface area contributed by atoms with Gasteiger partial charge in [-0.25, -0.2) is 0 Å².